The highest BCUT2D eigenvalue weighted by Gasteiger charge is 2.22. The first-order valence-corrected chi connectivity index (χ1v) is 6.13. The van der Waals surface area contributed by atoms with E-state index < -0.39 is 12.3 Å². The summed E-state index contributed by atoms with van der Waals surface area (Å²) >= 11 is 0. The van der Waals surface area contributed by atoms with Crippen LogP contribution in [0.4, 0.5) is 26.0 Å². The van der Waals surface area contributed by atoms with E-state index in [-0.39, 0.29) is 17.1 Å². The van der Waals surface area contributed by atoms with E-state index in [4.69, 9.17) is 0 Å². The third-order valence-electron chi connectivity index (χ3n) is 2.86. The minimum Gasteiger partial charge on any atom is -0.630 e. The maximum Gasteiger partial charge on any atom is 0.265 e. The number of quaternary nitrogens is 1. The smallest absolute Gasteiger partial charge is 0.265 e. The van der Waals surface area contributed by atoms with Crippen LogP contribution in [-0.2, 0) is 4.79 Å². The molecule has 0 aliphatic rings. The Bertz CT molecular complexity index is 650. The molecule has 0 aliphatic carbocycles. The number of benzene rings is 1. The first-order valence-electron chi connectivity index (χ1n) is 6.13. The van der Waals surface area contributed by atoms with E-state index in [1.165, 1.54) is 43.5 Å². The third-order valence-corrected chi connectivity index (χ3v) is 2.86. The first kappa shape index (κ1) is 15.0. The maximum absolute atomic E-state index is 13.1. The molecule has 0 saturated carbocycles. The summed E-state index contributed by atoms with van der Waals surface area (Å²) in [5, 5.41) is 10.8. The van der Waals surface area contributed by atoms with Crippen LogP contribution < -0.4 is 10.4 Å². The Balaban J connectivity index is 2.56. The number of pyridine rings is 1. The number of amides is 1. The van der Waals surface area contributed by atoms with E-state index in [0.29, 0.717) is 11.2 Å². The van der Waals surface area contributed by atoms with Crippen LogP contribution in [0.3, 0.4) is 0 Å². The minimum atomic E-state index is -2.72. The number of carbonyl (C=O) groups is 1. The van der Waals surface area contributed by atoms with Gasteiger partial charge in [-0.25, -0.2) is 13.8 Å². The number of alkyl halides is 2. The molecule has 0 atom stereocenters. The lowest BCUT2D eigenvalue weighted by Crippen LogP contribution is -2.70. The molecule has 0 unspecified atom stereocenters. The molecular weight excluding hydrogens is 280 g/mol. The van der Waals surface area contributed by atoms with E-state index in [1.54, 1.807) is 6.07 Å². The molecule has 0 aliphatic heterocycles. The average molecular weight is 293 g/mol. The zero-order valence-corrected chi connectivity index (χ0v) is 11.2. The molecule has 1 amide bonds. The third kappa shape index (κ3) is 3.21. The molecule has 0 fully saturated rings. The van der Waals surface area contributed by atoms with Gasteiger partial charge in [0, 0.05) is 30.8 Å². The zero-order chi connectivity index (χ0) is 15.4. The molecule has 0 radical (unpaired) electrons. The SMILES string of the molecule is CC(=O)N(c1cc([NH2+][O-])ccn1)c1ccccc1C(F)F. The summed E-state index contributed by atoms with van der Waals surface area (Å²) in [6.07, 6.45) is -1.38. The van der Waals surface area contributed by atoms with Gasteiger partial charge in [0.25, 0.3) is 6.43 Å². The van der Waals surface area contributed by atoms with Crippen molar-refractivity contribution >= 4 is 23.1 Å². The van der Waals surface area contributed by atoms with Crippen molar-refractivity contribution in [2.75, 3.05) is 4.90 Å². The van der Waals surface area contributed by atoms with Crippen LogP contribution in [0, 0.1) is 5.21 Å². The molecule has 21 heavy (non-hydrogen) atoms. The van der Waals surface area contributed by atoms with Gasteiger partial charge < -0.3 is 10.7 Å². The molecule has 2 aromatic rings. The van der Waals surface area contributed by atoms with E-state index in [2.05, 4.69) is 4.98 Å². The molecule has 7 heteroatoms. The molecule has 0 spiro atoms. The average Bonchev–Trinajstić information content (AvgIpc) is 2.47. The summed E-state index contributed by atoms with van der Waals surface area (Å²) in [4.78, 5) is 16.9. The van der Waals surface area contributed by atoms with E-state index in [9.17, 15) is 18.8 Å². The molecular formula is C14H13F2N3O2. The summed E-state index contributed by atoms with van der Waals surface area (Å²) in [7, 11) is 0. The Morgan fingerprint density at radius 1 is 1.33 bits per heavy atom. The first-order chi connectivity index (χ1) is 10.0. The van der Waals surface area contributed by atoms with E-state index in [0.717, 1.165) is 4.90 Å². The Hall–Kier alpha value is -2.38. The summed E-state index contributed by atoms with van der Waals surface area (Å²) in [6, 6.07) is 8.53. The maximum atomic E-state index is 13.1. The summed E-state index contributed by atoms with van der Waals surface area (Å²) in [6.45, 7) is 1.25. The summed E-state index contributed by atoms with van der Waals surface area (Å²) < 4.78 is 26.2. The highest BCUT2D eigenvalue weighted by molar-refractivity contribution is 5.99. The van der Waals surface area contributed by atoms with Gasteiger partial charge in [-0.05, 0) is 6.07 Å². The fraction of sp³-hybridized carbons (Fsp3) is 0.143. The van der Waals surface area contributed by atoms with Crippen molar-refractivity contribution in [1.29, 1.82) is 0 Å². The van der Waals surface area contributed by atoms with Gasteiger partial charge in [-0.1, -0.05) is 18.2 Å². The van der Waals surface area contributed by atoms with Gasteiger partial charge in [-0.2, -0.15) is 0 Å². The zero-order valence-electron chi connectivity index (χ0n) is 11.2. The van der Waals surface area contributed by atoms with Gasteiger partial charge in [0.1, 0.15) is 11.5 Å². The fourth-order valence-corrected chi connectivity index (χ4v) is 1.96. The highest BCUT2D eigenvalue weighted by atomic mass is 19.3. The number of hydrogen-bond acceptors (Lipinski definition) is 3. The number of nitrogens with two attached hydrogens (primary N) is 1. The van der Waals surface area contributed by atoms with Gasteiger partial charge in [0.2, 0.25) is 5.91 Å². The lowest BCUT2D eigenvalue weighted by molar-refractivity contribution is -0.497. The predicted octanol–water partition coefficient (Wildman–Crippen LogP) is 2.40. The molecule has 0 saturated heterocycles. The van der Waals surface area contributed by atoms with E-state index >= 15 is 0 Å². The second-order valence-electron chi connectivity index (χ2n) is 4.28. The van der Waals surface area contributed by atoms with Crippen molar-refractivity contribution < 1.29 is 19.1 Å². The Morgan fingerprint density at radius 3 is 2.67 bits per heavy atom. The predicted molar refractivity (Wildman–Crippen MR) is 73.4 cm³/mol. The molecule has 1 heterocycles. The van der Waals surface area contributed by atoms with Crippen LogP contribution in [0.1, 0.15) is 18.9 Å². The minimum absolute atomic E-state index is 0.0514. The van der Waals surface area contributed by atoms with Gasteiger partial charge in [0.15, 0.2) is 0 Å². The van der Waals surface area contributed by atoms with Crippen molar-refractivity contribution in [3.05, 3.63) is 53.4 Å². The Kier molecular flexibility index (Phi) is 4.56. The van der Waals surface area contributed by atoms with Gasteiger partial charge >= 0.3 is 0 Å². The summed E-state index contributed by atoms with van der Waals surface area (Å²) in [5.41, 5.74) is 0.685. The number of rotatable bonds is 4. The van der Waals surface area contributed by atoms with Crippen LogP contribution in [0.15, 0.2) is 42.6 Å². The number of carbonyl (C=O) groups excluding carboxylic acids is 1. The molecule has 2 rings (SSSR count). The number of para-hydroxylation sites is 1. The standard InChI is InChI=1S/C14H13F2N3O2/c1-9(20)19(13-8-10(18-21)6-7-17-13)12-5-3-2-4-11(12)14(15)16/h2-8,14H,18H2,1H3. The molecule has 0 bridgehead atoms. The molecule has 5 nitrogen and oxygen atoms in total. The quantitative estimate of drug-likeness (QED) is 0.880. The van der Waals surface area contributed by atoms with Crippen molar-refractivity contribution in [1.82, 2.24) is 4.98 Å². The number of halogens is 2. The van der Waals surface area contributed by atoms with Crippen LogP contribution in [0.2, 0.25) is 0 Å². The van der Waals surface area contributed by atoms with Crippen LogP contribution >= 0.6 is 0 Å². The van der Waals surface area contributed by atoms with Crippen molar-refractivity contribution in [2.45, 2.75) is 13.3 Å². The lowest BCUT2D eigenvalue weighted by atomic mass is 10.1. The van der Waals surface area contributed by atoms with Crippen LogP contribution in [0.5, 0.6) is 0 Å². The van der Waals surface area contributed by atoms with Crippen molar-refractivity contribution in [3.8, 4) is 0 Å². The molecule has 1 aromatic heterocycles. The fourth-order valence-electron chi connectivity index (χ4n) is 1.96. The van der Waals surface area contributed by atoms with Crippen molar-refractivity contribution in [2.24, 2.45) is 0 Å². The number of nitrogens with zero attached hydrogens (tertiary/aromatic N) is 2. The van der Waals surface area contributed by atoms with Gasteiger partial charge in [0.05, 0.1) is 5.69 Å². The van der Waals surface area contributed by atoms with Gasteiger partial charge in [-0.3, -0.25) is 9.69 Å². The van der Waals surface area contributed by atoms with Gasteiger partial charge in [-0.15, -0.1) is 0 Å². The normalized spacial score (nSPS) is 10.7. The molecule has 1 aromatic carbocycles. The lowest BCUT2D eigenvalue weighted by Gasteiger charge is -2.23. The summed E-state index contributed by atoms with van der Waals surface area (Å²) in [5.74, 6) is -0.348. The van der Waals surface area contributed by atoms with Crippen LogP contribution in [0.25, 0.3) is 0 Å². The number of hydrogen-bond donors (Lipinski definition) is 1. The topological polar surface area (TPSA) is 72.9 Å². The Morgan fingerprint density at radius 2 is 2.05 bits per heavy atom. The second-order valence-corrected chi connectivity index (χ2v) is 4.28. The highest BCUT2D eigenvalue weighted by Crippen LogP contribution is 2.33. The van der Waals surface area contributed by atoms with Crippen molar-refractivity contribution in [3.63, 3.8) is 0 Å². The monoisotopic (exact) mass is 293 g/mol. The molecule has 110 valence electrons. The Labute approximate surface area is 119 Å². The van der Waals surface area contributed by atoms with E-state index in [1.807, 2.05) is 0 Å². The largest absolute Gasteiger partial charge is 0.630 e. The number of aromatic nitrogens is 1. The number of anilines is 2. The van der Waals surface area contributed by atoms with Crippen LogP contribution in [-0.4, -0.2) is 10.9 Å². The second kappa shape index (κ2) is 6.38. The molecule has 2 N–H and O–H groups in total.